The molecule has 0 aromatic heterocycles. The van der Waals surface area contributed by atoms with Gasteiger partial charge in [0.1, 0.15) is 0 Å². The van der Waals surface area contributed by atoms with E-state index in [1.807, 2.05) is 0 Å². The molecule has 0 aliphatic rings. The van der Waals surface area contributed by atoms with E-state index in [9.17, 15) is 4.39 Å². The lowest BCUT2D eigenvalue weighted by Gasteiger charge is -2.09. The van der Waals surface area contributed by atoms with Crippen molar-refractivity contribution in [3.8, 4) is 0 Å². The topological polar surface area (TPSA) is 58.3 Å². The molecule has 1 aromatic rings. The predicted octanol–water partition coefficient (Wildman–Crippen LogP) is 1.45. The van der Waals surface area contributed by atoms with Crippen molar-refractivity contribution >= 4 is 21.6 Å². The van der Waals surface area contributed by atoms with Crippen molar-refractivity contribution in [2.75, 3.05) is 18.5 Å². The van der Waals surface area contributed by atoms with Gasteiger partial charge in [-0.3, -0.25) is 0 Å². The van der Waals surface area contributed by atoms with Gasteiger partial charge in [-0.05, 0) is 27.6 Å². The predicted molar refractivity (Wildman–Crippen MR) is 57.6 cm³/mol. The second kappa shape index (κ2) is 5.29. The van der Waals surface area contributed by atoms with Gasteiger partial charge in [0.2, 0.25) is 0 Å². The zero-order valence-corrected chi connectivity index (χ0v) is 9.14. The van der Waals surface area contributed by atoms with Crippen LogP contribution in [0.3, 0.4) is 0 Å². The van der Waals surface area contributed by atoms with E-state index in [-0.39, 0.29) is 19.0 Å². The van der Waals surface area contributed by atoms with Crippen LogP contribution in [0.15, 0.2) is 16.6 Å². The number of benzene rings is 1. The maximum Gasteiger partial charge on any atom is 0.160 e. The Bertz CT molecular complexity index is 320. The highest BCUT2D eigenvalue weighted by atomic mass is 79.9. The molecule has 0 atom stereocenters. The number of nitrogens with two attached hydrogens (primary N) is 1. The molecule has 0 aliphatic heterocycles. The Labute approximate surface area is 90.2 Å². The number of aliphatic hydroxyl groups is 1. The maximum atomic E-state index is 13.5. The van der Waals surface area contributed by atoms with Crippen LogP contribution in [-0.4, -0.2) is 18.3 Å². The molecule has 0 heterocycles. The van der Waals surface area contributed by atoms with Gasteiger partial charge in [-0.25, -0.2) is 4.39 Å². The first kappa shape index (κ1) is 11.4. The highest BCUT2D eigenvalue weighted by Crippen LogP contribution is 2.26. The molecule has 0 amide bonds. The Kier molecular flexibility index (Phi) is 4.31. The van der Waals surface area contributed by atoms with E-state index in [4.69, 9.17) is 10.8 Å². The van der Waals surface area contributed by atoms with Gasteiger partial charge in [0.25, 0.3) is 0 Å². The van der Waals surface area contributed by atoms with E-state index in [0.29, 0.717) is 16.7 Å². The molecule has 0 bridgehead atoms. The fourth-order valence-electron chi connectivity index (χ4n) is 1.07. The van der Waals surface area contributed by atoms with E-state index >= 15 is 0 Å². The van der Waals surface area contributed by atoms with Crippen LogP contribution in [-0.2, 0) is 6.54 Å². The highest BCUT2D eigenvalue weighted by Gasteiger charge is 2.09. The fourth-order valence-corrected chi connectivity index (χ4v) is 1.58. The van der Waals surface area contributed by atoms with Crippen LogP contribution in [0.2, 0.25) is 0 Å². The smallest absolute Gasteiger partial charge is 0.160 e. The van der Waals surface area contributed by atoms with E-state index < -0.39 is 0 Å². The van der Waals surface area contributed by atoms with Crippen molar-refractivity contribution in [1.29, 1.82) is 0 Å². The molecule has 0 spiro atoms. The first-order chi connectivity index (χ1) is 6.70. The Morgan fingerprint density at radius 1 is 1.50 bits per heavy atom. The molecular weight excluding hydrogens is 251 g/mol. The normalized spacial score (nSPS) is 10.3. The van der Waals surface area contributed by atoms with Crippen molar-refractivity contribution < 1.29 is 9.50 Å². The second-order valence-corrected chi connectivity index (χ2v) is 3.55. The lowest BCUT2D eigenvalue weighted by Crippen LogP contribution is -2.08. The summed E-state index contributed by atoms with van der Waals surface area (Å²) < 4.78 is 13.9. The van der Waals surface area contributed by atoms with Crippen molar-refractivity contribution in [3.05, 3.63) is 28.0 Å². The molecule has 0 radical (unpaired) electrons. The Morgan fingerprint density at radius 3 is 2.79 bits per heavy atom. The quantitative estimate of drug-likeness (QED) is 0.770. The summed E-state index contributed by atoms with van der Waals surface area (Å²) in [6, 6.07) is 3.35. The number of aliphatic hydroxyl groups excluding tert-OH is 1. The molecule has 0 saturated heterocycles. The molecule has 0 unspecified atom stereocenters. The van der Waals surface area contributed by atoms with Crippen LogP contribution in [0.1, 0.15) is 5.56 Å². The van der Waals surface area contributed by atoms with Crippen LogP contribution in [0.25, 0.3) is 0 Å². The zero-order chi connectivity index (χ0) is 10.6. The number of halogens is 2. The van der Waals surface area contributed by atoms with Gasteiger partial charge < -0.3 is 16.2 Å². The summed E-state index contributed by atoms with van der Waals surface area (Å²) in [6.07, 6.45) is 0. The third-order valence-corrected chi connectivity index (χ3v) is 2.67. The summed E-state index contributed by atoms with van der Waals surface area (Å²) in [4.78, 5) is 0. The van der Waals surface area contributed by atoms with E-state index in [0.717, 1.165) is 5.56 Å². The summed E-state index contributed by atoms with van der Waals surface area (Å²) in [5.41, 5.74) is 6.50. The van der Waals surface area contributed by atoms with Gasteiger partial charge >= 0.3 is 0 Å². The average molecular weight is 263 g/mol. The van der Waals surface area contributed by atoms with Crippen molar-refractivity contribution in [3.63, 3.8) is 0 Å². The van der Waals surface area contributed by atoms with E-state index in [1.165, 1.54) is 0 Å². The van der Waals surface area contributed by atoms with Gasteiger partial charge in [-0.15, -0.1) is 0 Å². The molecule has 78 valence electrons. The lowest BCUT2D eigenvalue weighted by atomic mass is 10.2. The van der Waals surface area contributed by atoms with E-state index in [2.05, 4.69) is 21.2 Å². The largest absolute Gasteiger partial charge is 0.395 e. The standard InChI is InChI=1S/C9H12BrFN2O/c10-8-6(5-12)1-2-7(9(8)11)13-3-4-14/h1-2,13-14H,3-5,12H2. The third kappa shape index (κ3) is 2.43. The molecule has 3 nitrogen and oxygen atoms in total. The van der Waals surface area contributed by atoms with Crippen molar-refractivity contribution in [2.24, 2.45) is 5.73 Å². The molecule has 1 aromatic carbocycles. The van der Waals surface area contributed by atoms with Gasteiger partial charge in [0, 0.05) is 13.1 Å². The minimum atomic E-state index is -0.374. The Balaban J connectivity index is 2.92. The molecule has 14 heavy (non-hydrogen) atoms. The molecule has 0 fully saturated rings. The maximum absolute atomic E-state index is 13.5. The van der Waals surface area contributed by atoms with Crippen LogP contribution in [0.4, 0.5) is 10.1 Å². The minimum Gasteiger partial charge on any atom is -0.395 e. The molecule has 1 rings (SSSR count). The van der Waals surface area contributed by atoms with Gasteiger partial charge in [0.05, 0.1) is 16.8 Å². The molecule has 4 N–H and O–H groups in total. The summed E-state index contributed by atoms with van der Waals surface area (Å²) in [7, 11) is 0. The molecule has 0 saturated carbocycles. The number of hydrogen-bond donors (Lipinski definition) is 3. The molecule has 0 aliphatic carbocycles. The summed E-state index contributed by atoms with van der Waals surface area (Å²) in [6.45, 7) is 0.582. The van der Waals surface area contributed by atoms with Crippen LogP contribution in [0, 0.1) is 5.82 Å². The third-order valence-electron chi connectivity index (χ3n) is 1.81. The monoisotopic (exact) mass is 262 g/mol. The summed E-state index contributed by atoms with van der Waals surface area (Å²) in [5.74, 6) is -0.374. The van der Waals surface area contributed by atoms with Gasteiger partial charge in [0.15, 0.2) is 5.82 Å². The fraction of sp³-hybridized carbons (Fsp3) is 0.333. The number of rotatable bonds is 4. The zero-order valence-electron chi connectivity index (χ0n) is 7.56. The van der Waals surface area contributed by atoms with Crippen molar-refractivity contribution in [1.82, 2.24) is 0 Å². The van der Waals surface area contributed by atoms with Crippen molar-refractivity contribution in [2.45, 2.75) is 6.54 Å². The van der Waals surface area contributed by atoms with Gasteiger partial charge in [-0.2, -0.15) is 0 Å². The highest BCUT2D eigenvalue weighted by molar-refractivity contribution is 9.10. The van der Waals surface area contributed by atoms with Crippen LogP contribution >= 0.6 is 15.9 Å². The molecule has 5 heteroatoms. The number of hydrogen-bond acceptors (Lipinski definition) is 3. The van der Waals surface area contributed by atoms with Gasteiger partial charge in [-0.1, -0.05) is 6.07 Å². The first-order valence-corrected chi connectivity index (χ1v) is 5.01. The second-order valence-electron chi connectivity index (χ2n) is 2.75. The lowest BCUT2D eigenvalue weighted by molar-refractivity contribution is 0.311. The first-order valence-electron chi connectivity index (χ1n) is 4.22. The average Bonchev–Trinajstić information content (AvgIpc) is 2.20. The van der Waals surface area contributed by atoms with E-state index in [1.54, 1.807) is 12.1 Å². The molecular formula is C9H12BrFN2O. The number of nitrogens with one attached hydrogen (secondary N) is 1. The Morgan fingerprint density at radius 2 is 2.21 bits per heavy atom. The van der Waals surface area contributed by atoms with Crippen LogP contribution < -0.4 is 11.1 Å². The summed E-state index contributed by atoms with van der Waals surface area (Å²) >= 11 is 3.13. The summed E-state index contributed by atoms with van der Waals surface area (Å²) in [5, 5.41) is 11.3. The number of anilines is 1. The minimum absolute atomic E-state index is 0.0320. The van der Waals surface area contributed by atoms with Crippen LogP contribution in [0.5, 0.6) is 0 Å². The SMILES string of the molecule is NCc1ccc(NCCO)c(F)c1Br. The Hall–Kier alpha value is -0.650.